The second-order valence-electron chi connectivity index (χ2n) is 8.74. The first-order valence-electron chi connectivity index (χ1n) is 11.6. The lowest BCUT2D eigenvalue weighted by molar-refractivity contribution is -0.118. The van der Waals surface area contributed by atoms with Gasteiger partial charge in [-0.1, -0.05) is 29.0 Å². The first-order chi connectivity index (χ1) is 15.9. The van der Waals surface area contributed by atoms with E-state index in [0.29, 0.717) is 13.0 Å². The molecule has 8 heteroatoms. The molecule has 1 fully saturated rings. The van der Waals surface area contributed by atoms with Gasteiger partial charge in [-0.2, -0.15) is 0 Å². The second kappa shape index (κ2) is 12.0. The van der Waals surface area contributed by atoms with Gasteiger partial charge in [0.25, 0.3) is 0 Å². The number of anilines is 1. The Morgan fingerprint density at radius 3 is 2.53 bits per heavy atom. The number of nitrogens with zero attached hydrogens (tertiary/aromatic N) is 3. The topological polar surface area (TPSA) is 54.9 Å². The van der Waals surface area contributed by atoms with Crippen LogP contribution in [-0.4, -0.2) is 62.3 Å². The molecule has 0 bridgehead atoms. The summed E-state index contributed by atoms with van der Waals surface area (Å²) < 4.78 is 11.9. The van der Waals surface area contributed by atoms with Crippen molar-refractivity contribution in [2.75, 3.05) is 51.4 Å². The molecule has 1 aliphatic heterocycles. The summed E-state index contributed by atoms with van der Waals surface area (Å²) in [5.41, 5.74) is 5.58. The standard InChI is InChI=1S/C26H33N3O3S.ClH/c1-18-14-19(2)22(20(3)15-18)17-25(30)29(9-5-8-28-10-12-32-13-11-28)26-27-23-7-6-21(31-4)16-24(23)33-26;/h6-7,14-16H,5,8-13,17H2,1-4H3;1H. The molecule has 184 valence electrons. The summed E-state index contributed by atoms with van der Waals surface area (Å²) in [6.45, 7) is 11.4. The lowest BCUT2D eigenvalue weighted by Crippen LogP contribution is -2.39. The predicted molar refractivity (Wildman–Crippen MR) is 142 cm³/mol. The van der Waals surface area contributed by atoms with Crippen molar-refractivity contribution in [2.24, 2.45) is 0 Å². The average Bonchev–Trinajstić information content (AvgIpc) is 3.22. The van der Waals surface area contributed by atoms with Crippen LogP contribution in [0, 0.1) is 20.8 Å². The number of thiazole rings is 1. The van der Waals surface area contributed by atoms with Gasteiger partial charge in [-0.3, -0.25) is 14.6 Å². The normalized spacial score (nSPS) is 14.1. The molecule has 1 saturated heterocycles. The van der Waals surface area contributed by atoms with E-state index >= 15 is 0 Å². The van der Waals surface area contributed by atoms with Crippen LogP contribution in [0.15, 0.2) is 30.3 Å². The van der Waals surface area contributed by atoms with Gasteiger partial charge in [0.05, 0.1) is 37.0 Å². The van der Waals surface area contributed by atoms with Crippen LogP contribution in [0.5, 0.6) is 5.75 Å². The van der Waals surface area contributed by atoms with Crippen LogP contribution < -0.4 is 9.64 Å². The van der Waals surface area contributed by atoms with E-state index in [1.54, 1.807) is 18.4 Å². The molecule has 0 atom stereocenters. The predicted octanol–water partition coefficient (Wildman–Crippen LogP) is 4.95. The zero-order chi connectivity index (χ0) is 23.4. The number of halogens is 1. The summed E-state index contributed by atoms with van der Waals surface area (Å²) in [4.78, 5) is 22.7. The smallest absolute Gasteiger partial charge is 0.233 e. The Hall–Kier alpha value is -2.19. The lowest BCUT2D eigenvalue weighted by Gasteiger charge is -2.28. The molecule has 34 heavy (non-hydrogen) atoms. The zero-order valence-corrected chi connectivity index (χ0v) is 22.1. The molecular weight excluding hydrogens is 470 g/mol. The number of methoxy groups -OCH3 is 1. The van der Waals surface area contributed by atoms with Crippen LogP contribution >= 0.6 is 23.7 Å². The number of aryl methyl sites for hydroxylation is 3. The molecule has 0 radical (unpaired) electrons. The number of carbonyl (C=O) groups excluding carboxylic acids is 1. The number of benzene rings is 2. The van der Waals surface area contributed by atoms with E-state index in [1.165, 1.54) is 16.7 Å². The summed E-state index contributed by atoms with van der Waals surface area (Å²) in [6.07, 6.45) is 1.28. The van der Waals surface area contributed by atoms with E-state index in [0.717, 1.165) is 65.9 Å². The number of rotatable bonds is 8. The number of fused-ring (bicyclic) bond motifs is 1. The van der Waals surface area contributed by atoms with Crippen molar-refractivity contribution in [1.29, 1.82) is 0 Å². The van der Waals surface area contributed by atoms with Crippen molar-refractivity contribution in [2.45, 2.75) is 33.6 Å². The van der Waals surface area contributed by atoms with Crippen LogP contribution in [0.1, 0.15) is 28.7 Å². The van der Waals surface area contributed by atoms with Crippen LogP contribution in [0.25, 0.3) is 10.2 Å². The van der Waals surface area contributed by atoms with Crippen molar-refractivity contribution >= 4 is 45.0 Å². The second-order valence-corrected chi connectivity index (χ2v) is 9.75. The summed E-state index contributed by atoms with van der Waals surface area (Å²) in [6, 6.07) is 10.2. The Morgan fingerprint density at radius 1 is 1.15 bits per heavy atom. The van der Waals surface area contributed by atoms with Gasteiger partial charge in [0, 0.05) is 26.2 Å². The molecule has 6 nitrogen and oxygen atoms in total. The van der Waals surface area contributed by atoms with E-state index in [9.17, 15) is 4.79 Å². The SMILES string of the molecule is COc1ccc2nc(N(CCCN3CCOCC3)C(=O)Cc3c(C)cc(C)cc3C)sc2c1.Cl. The Morgan fingerprint density at radius 2 is 1.85 bits per heavy atom. The third-order valence-corrected chi connectivity index (χ3v) is 7.29. The van der Waals surface area contributed by atoms with Crippen molar-refractivity contribution < 1.29 is 14.3 Å². The fourth-order valence-electron chi connectivity index (χ4n) is 4.47. The maximum atomic E-state index is 13.6. The van der Waals surface area contributed by atoms with E-state index < -0.39 is 0 Å². The number of morpholine rings is 1. The molecule has 1 aromatic heterocycles. The lowest BCUT2D eigenvalue weighted by atomic mass is 9.97. The van der Waals surface area contributed by atoms with Crippen LogP contribution in [0.3, 0.4) is 0 Å². The molecule has 0 unspecified atom stereocenters. The Kier molecular flexibility index (Phi) is 9.31. The summed E-state index contributed by atoms with van der Waals surface area (Å²) in [5.74, 6) is 0.895. The first kappa shape index (κ1) is 26.4. The van der Waals surface area contributed by atoms with E-state index in [1.807, 2.05) is 23.1 Å². The Labute approximate surface area is 212 Å². The number of amides is 1. The minimum Gasteiger partial charge on any atom is -0.497 e. The maximum Gasteiger partial charge on any atom is 0.233 e. The fraction of sp³-hybridized carbons (Fsp3) is 0.462. The molecule has 0 aliphatic carbocycles. The van der Waals surface area contributed by atoms with E-state index in [2.05, 4.69) is 37.8 Å². The summed E-state index contributed by atoms with van der Waals surface area (Å²) in [5, 5.41) is 0.757. The number of carbonyl (C=O) groups is 1. The van der Waals surface area contributed by atoms with Gasteiger partial charge >= 0.3 is 0 Å². The number of ether oxygens (including phenoxy) is 2. The van der Waals surface area contributed by atoms with E-state index in [-0.39, 0.29) is 18.3 Å². The molecular formula is C26H34ClN3O3S. The highest BCUT2D eigenvalue weighted by atomic mass is 35.5. The maximum absolute atomic E-state index is 13.6. The van der Waals surface area contributed by atoms with Crippen molar-refractivity contribution in [3.8, 4) is 5.75 Å². The van der Waals surface area contributed by atoms with Crippen LogP contribution in [0.2, 0.25) is 0 Å². The average molecular weight is 504 g/mol. The fourth-order valence-corrected chi connectivity index (χ4v) is 5.51. The molecule has 1 amide bonds. The highest BCUT2D eigenvalue weighted by Crippen LogP contribution is 2.32. The van der Waals surface area contributed by atoms with Crippen LogP contribution in [-0.2, 0) is 16.0 Å². The first-order valence-corrected chi connectivity index (χ1v) is 12.4. The highest BCUT2D eigenvalue weighted by molar-refractivity contribution is 7.22. The van der Waals surface area contributed by atoms with Gasteiger partial charge in [0.15, 0.2) is 5.13 Å². The van der Waals surface area contributed by atoms with E-state index in [4.69, 9.17) is 14.5 Å². The van der Waals surface area contributed by atoms with Crippen molar-refractivity contribution in [3.63, 3.8) is 0 Å². The van der Waals surface area contributed by atoms with Gasteiger partial charge < -0.3 is 9.47 Å². The molecule has 2 heterocycles. The van der Waals surface area contributed by atoms with Gasteiger partial charge in [-0.15, -0.1) is 12.4 Å². The van der Waals surface area contributed by atoms with Gasteiger partial charge in [0.1, 0.15) is 5.75 Å². The Balaban J connectivity index is 0.00000324. The van der Waals surface area contributed by atoms with Crippen LogP contribution in [0.4, 0.5) is 5.13 Å². The van der Waals surface area contributed by atoms with Gasteiger partial charge in [-0.25, -0.2) is 4.98 Å². The molecule has 4 rings (SSSR count). The molecule has 3 aromatic rings. The van der Waals surface area contributed by atoms with Crippen molar-refractivity contribution in [1.82, 2.24) is 9.88 Å². The van der Waals surface area contributed by atoms with Crippen molar-refractivity contribution in [3.05, 3.63) is 52.6 Å². The molecule has 0 spiro atoms. The molecule has 2 aromatic carbocycles. The largest absolute Gasteiger partial charge is 0.497 e. The Bertz CT molecular complexity index is 1100. The monoisotopic (exact) mass is 503 g/mol. The number of aromatic nitrogens is 1. The number of hydrogen-bond donors (Lipinski definition) is 0. The molecule has 0 saturated carbocycles. The minimum atomic E-state index is 0. The summed E-state index contributed by atoms with van der Waals surface area (Å²) in [7, 11) is 1.66. The minimum absolute atomic E-state index is 0. The third-order valence-electron chi connectivity index (χ3n) is 6.24. The number of hydrogen-bond acceptors (Lipinski definition) is 6. The zero-order valence-electron chi connectivity index (χ0n) is 20.4. The summed E-state index contributed by atoms with van der Waals surface area (Å²) >= 11 is 1.55. The molecule has 1 aliphatic rings. The molecule has 0 N–H and O–H groups in total. The van der Waals surface area contributed by atoms with Gasteiger partial charge in [0.2, 0.25) is 5.91 Å². The van der Waals surface area contributed by atoms with Gasteiger partial charge in [-0.05, 0) is 62.1 Å². The quantitative estimate of drug-likeness (QED) is 0.435. The highest BCUT2D eigenvalue weighted by Gasteiger charge is 2.22. The third kappa shape index (κ3) is 6.27.